The zero-order chi connectivity index (χ0) is 18.4. The molecule has 3 rings (SSSR count). The lowest BCUT2D eigenvalue weighted by Crippen LogP contribution is -2.24. The van der Waals surface area contributed by atoms with Crippen LogP contribution in [0.1, 0.15) is 38.7 Å². The molecule has 1 aromatic heterocycles. The molecule has 1 atom stereocenters. The highest BCUT2D eigenvalue weighted by molar-refractivity contribution is 5.85. The number of amides is 1. The molecule has 0 bridgehead atoms. The number of H-pyrrole nitrogens is 1. The molecule has 2 aromatic rings. The third-order valence-electron chi connectivity index (χ3n) is 4.38. The highest BCUT2D eigenvalue weighted by atomic mass is 16.6. The predicted octanol–water partition coefficient (Wildman–Crippen LogP) is 2.98. The van der Waals surface area contributed by atoms with Crippen LogP contribution in [0.3, 0.4) is 0 Å². The zero-order valence-electron chi connectivity index (χ0n) is 14.8. The van der Waals surface area contributed by atoms with Gasteiger partial charge in [0.1, 0.15) is 0 Å². The highest BCUT2D eigenvalue weighted by Crippen LogP contribution is 2.24. The van der Waals surface area contributed by atoms with E-state index in [0.29, 0.717) is 0 Å². The lowest BCUT2D eigenvalue weighted by Gasteiger charge is -2.10. The van der Waals surface area contributed by atoms with Crippen molar-refractivity contribution in [1.82, 2.24) is 9.88 Å². The second-order valence-electron chi connectivity index (χ2n) is 6.53. The van der Waals surface area contributed by atoms with Crippen LogP contribution in [0.25, 0.3) is 10.9 Å². The van der Waals surface area contributed by atoms with Crippen molar-refractivity contribution >= 4 is 22.5 Å². The number of rotatable bonds is 4. The molecule has 0 radical (unpaired) electrons. The summed E-state index contributed by atoms with van der Waals surface area (Å²) >= 11 is 0. The van der Waals surface area contributed by atoms with Crippen LogP contribution in [0.2, 0.25) is 0 Å². The number of hydrogen-bond donors (Lipinski definition) is 2. The summed E-state index contributed by atoms with van der Waals surface area (Å²) in [6.45, 7) is 5.55. The van der Waals surface area contributed by atoms with Crippen LogP contribution in [0, 0.1) is 10.1 Å². The minimum Gasteiger partial charge on any atom is -0.361 e. The number of aromatic nitrogens is 1. The van der Waals surface area contributed by atoms with E-state index in [4.69, 9.17) is 5.73 Å². The first-order chi connectivity index (χ1) is 11.9. The average molecular weight is 346 g/mol. The van der Waals surface area contributed by atoms with E-state index in [2.05, 4.69) is 4.98 Å². The van der Waals surface area contributed by atoms with Gasteiger partial charge in [0.15, 0.2) is 0 Å². The van der Waals surface area contributed by atoms with Gasteiger partial charge < -0.3 is 15.6 Å². The third-order valence-corrected chi connectivity index (χ3v) is 4.38. The molecular formula is C18H26N4O3. The molecule has 7 nitrogen and oxygen atoms in total. The Bertz CT molecular complexity index is 733. The van der Waals surface area contributed by atoms with E-state index in [1.807, 2.05) is 18.0 Å². The molecular weight excluding hydrogens is 320 g/mol. The summed E-state index contributed by atoms with van der Waals surface area (Å²) in [6, 6.07) is 5.00. The Kier molecular flexibility index (Phi) is 6.52. The third kappa shape index (κ3) is 5.29. The van der Waals surface area contributed by atoms with E-state index < -0.39 is 0 Å². The molecule has 7 heteroatoms. The van der Waals surface area contributed by atoms with E-state index in [9.17, 15) is 14.9 Å². The second kappa shape index (κ2) is 8.62. The minimum atomic E-state index is -0.373. The smallest absolute Gasteiger partial charge is 0.270 e. The number of nitrogens with two attached hydrogens (primary N) is 1. The van der Waals surface area contributed by atoms with Crippen molar-refractivity contribution in [3.63, 3.8) is 0 Å². The van der Waals surface area contributed by atoms with Crippen molar-refractivity contribution < 1.29 is 9.72 Å². The van der Waals surface area contributed by atoms with Gasteiger partial charge in [-0.25, -0.2) is 0 Å². The fourth-order valence-electron chi connectivity index (χ4n) is 2.90. The molecule has 0 saturated carbocycles. The number of aromatic amines is 1. The van der Waals surface area contributed by atoms with Crippen LogP contribution < -0.4 is 5.73 Å². The number of carbonyl (C=O) groups excluding carboxylic acids is 1. The number of nitrogens with zero attached hydrogens (tertiary/aromatic N) is 2. The lowest BCUT2D eigenvalue weighted by molar-refractivity contribution is -0.384. The Morgan fingerprint density at radius 1 is 1.40 bits per heavy atom. The van der Waals surface area contributed by atoms with Gasteiger partial charge in [0, 0.05) is 55.3 Å². The molecule has 1 aromatic carbocycles. The number of hydrogen-bond acceptors (Lipinski definition) is 4. The van der Waals surface area contributed by atoms with Crippen LogP contribution in [0.4, 0.5) is 5.69 Å². The van der Waals surface area contributed by atoms with Crippen LogP contribution in [-0.4, -0.2) is 39.8 Å². The summed E-state index contributed by atoms with van der Waals surface area (Å²) in [4.78, 5) is 25.9. The molecule has 1 aliphatic heterocycles. The lowest BCUT2D eigenvalue weighted by atomic mass is 10.1. The standard InChI is InChI=1S/C12H15N3O2.C6H11NO/c1-8(13)2-3-9-7-14-12-5-4-10(15(16)17)6-11(9)12;1-6(8)7-4-2-3-5-7/h4-8,14H,2-3,13H2,1H3;2-5H2,1H3. The van der Waals surface area contributed by atoms with Crippen molar-refractivity contribution in [3.8, 4) is 0 Å². The number of nitro benzene ring substituents is 1. The Balaban J connectivity index is 0.000000236. The molecule has 3 N–H and O–H groups in total. The van der Waals surface area contributed by atoms with Gasteiger partial charge in [-0.3, -0.25) is 14.9 Å². The summed E-state index contributed by atoms with van der Waals surface area (Å²) in [6.07, 6.45) is 5.99. The molecule has 1 aliphatic rings. The summed E-state index contributed by atoms with van der Waals surface area (Å²) in [7, 11) is 0. The number of nitro groups is 1. The van der Waals surface area contributed by atoms with Gasteiger partial charge in [0.25, 0.3) is 5.69 Å². The Labute approximate surface area is 147 Å². The first-order valence-electron chi connectivity index (χ1n) is 8.64. The quantitative estimate of drug-likeness (QED) is 0.655. The number of nitrogens with one attached hydrogen (secondary N) is 1. The van der Waals surface area contributed by atoms with E-state index in [1.54, 1.807) is 19.1 Å². The Hall–Kier alpha value is -2.41. The molecule has 0 aliphatic carbocycles. The fraction of sp³-hybridized carbons (Fsp3) is 0.500. The van der Waals surface area contributed by atoms with Crippen molar-refractivity contribution in [2.24, 2.45) is 5.73 Å². The summed E-state index contributed by atoms with van der Waals surface area (Å²) in [5.41, 5.74) is 7.85. The van der Waals surface area contributed by atoms with Crippen molar-refractivity contribution in [3.05, 3.63) is 40.1 Å². The Morgan fingerprint density at radius 2 is 2.08 bits per heavy atom. The topological polar surface area (TPSA) is 105 Å². The first kappa shape index (κ1) is 18.9. The number of benzene rings is 1. The number of non-ortho nitro benzene ring substituents is 1. The van der Waals surface area contributed by atoms with Gasteiger partial charge in [-0.1, -0.05) is 0 Å². The van der Waals surface area contributed by atoms with Gasteiger partial charge in [-0.2, -0.15) is 0 Å². The van der Waals surface area contributed by atoms with Crippen molar-refractivity contribution in [1.29, 1.82) is 0 Å². The maximum atomic E-state index is 10.7. The van der Waals surface area contributed by atoms with E-state index in [0.717, 1.165) is 42.4 Å². The first-order valence-corrected chi connectivity index (χ1v) is 8.64. The minimum absolute atomic E-state index is 0.124. The van der Waals surface area contributed by atoms with Crippen molar-refractivity contribution in [2.45, 2.75) is 45.6 Å². The molecule has 136 valence electrons. The fourth-order valence-corrected chi connectivity index (χ4v) is 2.90. The molecule has 1 amide bonds. The maximum absolute atomic E-state index is 10.7. The normalized spacial score (nSPS) is 14.9. The number of fused-ring (bicyclic) bond motifs is 1. The van der Waals surface area contributed by atoms with Crippen LogP contribution >= 0.6 is 0 Å². The predicted molar refractivity (Wildman–Crippen MR) is 98.4 cm³/mol. The van der Waals surface area contributed by atoms with E-state index >= 15 is 0 Å². The molecule has 2 heterocycles. The van der Waals surface area contributed by atoms with Crippen LogP contribution in [-0.2, 0) is 11.2 Å². The van der Waals surface area contributed by atoms with E-state index in [1.165, 1.54) is 18.9 Å². The van der Waals surface area contributed by atoms with Crippen LogP contribution in [0.15, 0.2) is 24.4 Å². The number of aryl methyl sites for hydroxylation is 1. The SMILES string of the molecule is CC(=O)N1CCCC1.CC(N)CCc1c[nH]c2ccc([N+](=O)[O-])cc12. The summed E-state index contributed by atoms with van der Waals surface area (Å²) < 4.78 is 0. The Morgan fingerprint density at radius 3 is 2.60 bits per heavy atom. The number of carbonyl (C=O) groups is 1. The van der Waals surface area contributed by atoms with Gasteiger partial charge in [-0.05, 0) is 44.2 Å². The number of likely N-dealkylation sites (tertiary alicyclic amines) is 1. The van der Waals surface area contributed by atoms with Gasteiger partial charge in [0.2, 0.25) is 5.91 Å². The molecule has 0 spiro atoms. The van der Waals surface area contributed by atoms with Gasteiger partial charge >= 0.3 is 0 Å². The largest absolute Gasteiger partial charge is 0.361 e. The highest BCUT2D eigenvalue weighted by Gasteiger charge is 2.12. The van der Waals surface area contributed by atoms with E-state index in [-0.39, 0.29) is 22.6 Å². The van der Waals surface area contributed by atoms with Crippen molar-refractivity contribution in [2.75, 3.05) is 13.1 Å². The second-order valence-corrected chi connectivity index (χ2v) is 6.53. The molecule has 1 fully saturated rings. The molecule has 1 saturated heterocycles. The molecule has 1 unspecified atom stereocenters. The van der Waals surface area contributed by atoms with Gasteiger partial charge in [0.05, 0.1) is 4.92 Å². The summed E-state index contributed by atoms with van der Waals surface area (Å²) in [5, 5.41) is 11.6. The zero-order valence-corrected chi connectivity index (χ0v) is 14.8. The average Bonchev–Trinajstić information content (AvgIpc) is 3.23. The summed E-state index contributed by atoms with van der Waals surface area (Å²) in [5.74, 6) is 0.225. The molecule has 25 heavy (non-hydrogen) atoms. The van der Waals surface area contributed by atoms with Crippen LogP contribution in [0.5, 0.6) is 0 Å². The maximum Gasteiger partial charge on any atom is 0.270 e. The van der Waals surface area contributed by atoms with Gasteiger partial charge in [-0.15, -0.1) is 0 Å². The monoisotopic (exact) mass is 346 g/mol.